The van der Waals surface area contributed by atoms with Gasteiger partial charge in [-0.3, -0.25) is 4.79 Å². The molecule has 1 N–H and O–H groups in total. The number of amides is 2. The highest BCUT2D eigenvalue weighted by atomic mass is 16.5. The summed E-state index contributed by atoms with van der Waals surface area (Å²) in [5, 5.41) is 7.31. The summed E-state index contributed by atoms with van der Waals surface area (Å²) in [6.45, 7) is 8.04. The number of nitrogens with zero attached hydrogens (tertiary/aromatic N) is 6. The third-order valence-corrected chi connectivity index (χ3v) is 5.87. The van der Waals surface area contributed by atoms with Crippen molar-refractivity contribution in [2.24, 2.45) is 0 Å². The van der Waals surface area contributed by atoms with E-state index in [1.807, 2.05) is 32.0 Å². The second-order valence-electron chi connectivity index (χ2n) is 8.04. The minimum absolute atomic E-state index is 0.0925. The second-order valence-corrected chi connectivity index (χ2v) is 8.04. The lowest BCUT2D eigenvalue weighted by atomic mass is 10.1. The van der Waals surface area contributed by atoms with Gasteiger partial charge in [0, 0.05) is 43.1 Å². The number of methoxy groups -OCH3 is 1. The molecule has 1 fully saturated rings. The van der Waals surface area contributed by atoms with Crippen molar-refractivity contribution in [3.05, 3.63) is 41.3 Å². The van der Waals surface area contributed by atoms with Crippen LogP contribution in [0.2, 0.25) is 0 Å². The van der Waals surface area contributed by atoms with Gasteiger partial charge in [-0.2, -0.15) is 14.6 Å². The summed E-state index contributed by atoms with van der Waals surface area (Å²) in [6.07, 6.45) is 1.54. The van der Waals surface area contributed by atoms with Crippen LogP contribution in [0.4, 0.5) is 16.3 Å². The van der Waals surface area contributed by atoms with Crippen molar-refractivity contribution in [2.75, 3.05) is 50.1 Å². The minimum atomic E-state index is -0.319. The van der Waals surface area contributed by atoms with Gasteiger partial charge in [-0.25, -0.2) is 9.78 Å². The third kappa shape index (κ3) is 4.73. The number of anilines is 2. The highest BCUT2D eigenvalue weighted by Gasteiger charge is 2.27. The van der Waals surface area contributed by atoms with Gasteiger partial charge in [0.1, 0.15) is 17.9 Å². The monoisotopic (exact) mass is 467 g/mol. The molecule has 1 aliphatic rings. The summed E-state index contributed by atoms with van der Waals surface area (Å²) in [6, 6.07) is 5.39. The molecule has 1 aliphatic heterocycles. The molecule has 0 spiro atoms. The van der Waals surface area contributed by atoms with Crippen LogP contribution in [0.15, 0.2) is 24.5 Å². The Bertz CT molecular complexity index is 1200. The van der Waals surface area contributed by atoms with E-state index in [1.165, 1.54) is 6.33 Å². The Morgan fingerprint density at radius 3 is 2.59 bits per heavy atom. The van der Waals surface area contributed by atoms with E-state index in [2.05, 4.69) is 25.3 Å². The Morgan fingerprint density at radius 2 is 1.91 bits per heavy atom. The molecule has 2 aromatic heterocycles. The molecule has 1 aromatic carbocycles. The first-order valence-electron chi connectivity index (χ1n) is 11.2. The largest absolute Gasteiger partial charge is 0.497 e. The fourth-order valence-corrected chi connectivity index (χ4v) is 4.08. The molecule has 0 saturated carbocycles. The molecule has 0 atom stereocenters. The lowest BCUT2D eigenvalue weighted by Crippen LogP contribution is -2.51. The predicted molar refractivity (Wildman–Crippen MR) is 126 cm³/mol. The molecule has 2 amide bonds. The molecule has 4 rings (SSSR count). The Morgan fingerprint density at radius 1 is 1.15 bits per heavy atom. The van der Waals surface area contributed by atoms with Crippen LogP contribution in [0.25, 0.3) is 5.78 Å². The van der Waals surface area contributed by atoms with Crippen molar-refractivity contribution >= 4 is 29.3 Å². The molecule has 11 nitrogen and oxygen atoms in total. The lowest BCUT2D eigenvalue weighted by molar-refractivity contribution is -0.142. The van der Waals surface area contributed by atoms with Crippen LogP contribution in [0.1, 0.15) is 23.7 Å². The normalized spacial score (nSPS) is 13.8. The quantitative estimate of drug-likeness (QED) is 0.549. The first-order valence-corrected chi connectivity index (χ1v) is 11.2. The average molecular weight is 468 g/mol. The van der Waals surface area contributed by atoms with Gasteiger partial charge in [-0.15, -0.1) is 0 Å². The van der Waals surface area contributed by atoms with Crippen LogP contribution in [-0.4, -0.2) is 76.4 Å². The van der Waals surface area contributed by atoms with Crippen molar-refractivity contribution in [1.29, 1.82) is 0 Å². The second kappa shape index (κ2) is 9.94. The Labute approximate surface area is 197 Å². The van der Waals surface area contributed by atoms with Gasteiger partial charge in [-0.05, 0) is 44.5 Å². The van der Waals surface area contributed by atoms with E-state index in [4.69, 9.17) is 9.47 Å². The van der Waals surface area contributed by atoms with E-state index >= 15 is 0 Å². The molecule has 3 aromatic rings. The van der Waals surface area contributed by atoms with Crippen molar-refractivity contribution in [3.8, 4) is 5.75 Å². The van der Waals surface area contributed by atoms with Gasteiger partial charge in [0.15, 0.2) is 0 Å². The number of aryl methyl sites for hydroxylation is 2. The molecule has 0 radical (unpaired) electrons. The highest BCUT2D eigenvalue weighted by molar-refractivity contribution is 5.90. The molecule has 180 valence electrons. The molecule has 0 aliphatic carbocycles. The van der Waals surface area contributed by atoms with Gasteiger partial charge in [0.2, 0.25) is 0 Å². The number of hydrogen-bond donors (Lipinski definition) is 1. The van der Waals surface area contributed by atoms with Crippen LogP contribution in [0.5, 0.6) is 5.75 Å². The molecule has 1 saturated heterocycles. The number of fused-ring (bicyclic) bond motifs is 1. The number of urea groups is 1. The maximum absolute atomic E-state index is 12.9. The lowest BCUT2D eigenvalue weighted by Gasteiger charge is -2.36. The number of ether oxygens (including phenoxy) is 2. The summed E-state index contributed by atoms with van der Waals surface area (Å²) in [5.74, 6) is 1.66. The Balaban J connectivity index is 1.50. The van der Waals surface area contributed by atoms with Crippen LogP contribution >= 0.6 is 0 Å². The maximum atomic E-state index is 12.9. The first kappa shape index (κ1) is 23.3. The van der Waals surface area contributed by atoms with Crippen LogP contribution in [0, 0.1) is 13.8 Å². The summed E-state index contributed by atoms with van der Waals surface area (Å²) in [7, 11) is 1.61. The van der Waals surface area contributed by atoms with Crippen molar-refractivity contribution in [3.63, 3.8) is 0 Å². The topological polar surface area (TPSA) is 114 Å². The molecule has 0 bridgehead atoms. The fraction of sp³-hybridized carbons (Fsp3) is 0.435. The number of esters is 1. The summed E-state index contributed by atoms with van der Waals surface area (Å²) >= 11 is 0. The number of piperazine rings is 1. The molecule has 3 heterocycles. The van der Waals surface area contributed by atoms with E-state index in [-0.39, 0.29) is 18.4 Å². The zero-order valence-corrected chi connectivity index (χ0v) is 19.9. The predicted octanol–water partition coefficient (Wildman–Crippen LogP) is 2.21. The van der Waals surface area contributed by atoms with Crippen LogP contribution < -0.4 is 15.0 Å². The van der Waals surface area contributed by atoms with Crippen LogP contribution in [-0.2, 0) is 16.0 Å². The number of carbonyl (C=O) groups is 2. The molecular formula is C23H29N7O4. The molecule has 0 unspecified atom stereocenters. The van der Waals surface area contributed by atoms with E-state index in [0.717, 1.165) is 28.4 Å². The van der Waals surface area contributed by atoms with Crippen molar-refractivity contribution < 1.29 is 19.1 Å². The number of carbonyl (C=O) groups excluding carboxylic acids is 2. The van der Waals surface area contributed by atoms with E-state index in [1.54, 1.807) is 23.4 Å². The first-order chi connectivity index (χ1) is 16.4. The maximum Gasteiger partial charge on any atom is 0.321 e. The van der Waals surface area contributed by atoms with E-state index < -0.39 is 0 Å². The zero-order valence-electron chi connectivity index (χ0n) is 19.9. The number of benzene rings is 1. The Hall–Kier alpha value is -3.89. The minimum Gasteiger partial charge on any atom is -0.497 e. The number of aromatic nitrogens is 4. The van der Waals surface area contributed by atoms with Gasteiger partial charge < -0.3 is 24.6 Å². The number of rotatable bonds is 6. The van der Waals surface area contributed by atoms with Crippen molar-refractivity contribution in [1.82, 2.24) is 24.5 Å². The summed E-state index contributed by atoms with van der Waals surface area (Å²) < 4.78 is 12.0. The number of hydrogen-bond acceptors (Lipinski definition) is 8. The average Bonchev–Trinajstić information content (AvgIpc) is 3.29. The van der Waals surface area contributed by atoms with E-state index in [9.17, 15) is 9.59 Å². The SMILES string of the molecule is CCOC(=O)Cc1c(C)nc2ncnn2c1N1CCN(C(=O)Nc2ccc(OC)cc2C)CC1. The Kier molecular flexibility index (Phi) is 6.80. The number of nitrogens with one attached hydrogen (secondary N) is 1. The molecule has 11 heteroatoms. The summed E-state index contributed by atoms with van der Waals surface area (Å²) in [4.78, 5) is 37.8. The van der Waals surface area contributed by atoms with Crippen molar-refractivity contribution in [2.45, 2.75) is 27.2 Å². The smallest absolute Gasteiger partial charge is 0.321 e. The van der Waals surface area contributed by atoms with Gasteiger partial charge in [-0.1, -0.05) is 0 Å². The van der Waals surface area contributed by atoms with Crippen LogP contribution in [0.3, 0.4) is 0 Å². The van der Waals surface area contributed by atoms with E-state index in [0.29, 0.717) is 44.3 Å². The summed E-state index contributed by atoms with van der Waals surface area (Å²) in [5.41, 5.74) is 3.14. The van der Waals surface area contributed by atoms with Gasteiger partial charge in [0.25, 0.3) is 5.78 Å². The van der Waals surface area contributed by atoms with Gasteiger partial charge in [0.05, 0.1) is 20.1 Å². The molecular weight excluding hydrogens is 438 g/mol. The standard InChI is InChI=1S/C23H29N7O4/c1-5-34-20(31)13-18-16(3)26-22-24-14-25-30(22)21(18)28-8-10-29(11-9-28)23(32)27-19-7-6-17(33-4)12-15(19)2/h6-7,12,14H,5,8-11,13H2,1-4H3,(H,27,32). The highest BCUT2D eigenvalue weighted by Crippen LogP contribution is 2.26. The molecule has 34 heavy (non-hydrogen) atoms. The zero-order chi connectivity index (χ0) is 24.2. The fourth-order valence-electron chi connectivity index (χ4n) is 4.08. The van der Waals surface area contributed by atoms with Gasteiger partial charge >= 0.3 is 12.0 Å². The third-order valence-electron chi connectivity index (χ3n) is 5.87.